The number of pyridine rings is 1. The van der Waals surface area contributed by atoms with Gasteiger partial charge in [-0.1, -0.05) is 52.0 Å². The van der Waals surface area contributed by atoms with Gasteiger partial charge < -0.3 is 19.8 Å². The number of rotatable bonds is 15. The molecule has 1 aliphatic heterocycles. The molecule has 0 aromatic carbocycles. The van der Waals surface area contributed by atoms with Gasteiger partial charge in [-0.2, -0.15) is 4.98 Å². The lowest BCUT2D eigenvalue weighted by atomic mass is 9.93. The highest BCUT2D eigenvalue weighted by Gasteiger charge is 2.22. The predicted molar refractivity (Wildman–Crippen MR) is 153 cm³/mol. The smallest absolute Gasteiger partial charge is 0.217 e. The van der Waals surface area contributed by atoms with Crippen LogP contribution in [0.2, 0.25) is 0 Å². The molecule has 0 radical (unpaired) electrons. The molecule has 2 rings (SSSR count). The van der Waals surface area contributed by atoms with E-state index in [1.54, 1.807) is 0 Å². The highest BCUT2D eigenvalue weighted by molar-refractivity contribution is 5.56. The van der Waals surface area contributed by atoms with Crippen LogP contribution in [-0.2, 0) is 4.74 Å². The van der Waals surface area contributed by atoms with Crippen LogP contribution in [0.3, 0.4) is 0 Å². The van der Waals surface area contributed by atoms with Crippen LogP contribution >= 0.6 is 0 Å². The number of nitrogens with zero attached hydrogens (tertiary/aromatic N) is 4. The summed E-state index contributed by atoms with van der Waals surface area (Å²) in [5.74, 6) is 1.48. The van der Waals surface area contributed by atoms with Crippen molar-refractivity contribution in [2.24, 2.45) is 5.41 Å². The molecule has 1 N–H and O–H groups in total. The number of morpholine rings is 1. The van der Waals surface area contributed by atoms with Crippen LogP contribution in [0.4, 0.5) is 11.5 Å². The fourth-order valence-corrected chi connectivity index (χ4v) is 4.79. The lowest BCUT2D eigenvalue weighted by molar-refractivity contribution is -0.0700. The Morgan fingerprint density at radius 1 is 1.14 bits per heavy atom. The van der Waals surface area contributed by atoms with E-state index >= 15 is 0 Å². The molecule has 0 saturated carbocycles. The highest BCUT2D eigenvalue weighted by atomic mass is 16.5. The van der Waals surface area contributed by atoms with Gasteiger partial charge in [0, 0.05) is 64.1 Å². The van der Waals surface area contributed by atoms with Gasteiger partial charge in [-0.3, -0.25) is 4.90 Å². The first-order valence-corrected chi connectivity index (χ1v) is 13.7. The number of ether oxygens (including phenoxy) is 2. The fraction of sp³-hybridized carbons (Fsp3) is 0.690. The first-order valence-electron chi connectivity index (χ1n) is 13.7. The van der Waals surface area contributed by atoms with Crippen molar-refractivity contribution in [3.63, 3.8) is 0 Å². The van der Waals surface area contributed by atoms with Gasteiger partial charge in [-0.25, -0.2) is 5.01 Å². The van der Waals surface area contributed by atoms with Crippen LogP contribution in [0.25, 0.3) is 0 Å². The van der Waals surface area contributed by atoms with Gasteiger partial charge in [-0.15, -0.1) is 0 Å². The maximum atomic E-state index is 6.22. The van der Waals surface area contributed by atoms with Crippen molar-refractivity contribution in [2.45, 2.75) is 73.5 Å². The van der Waals surface area contributed by atoms with Gasteiger partial charge in [-0.05, 0) is 39.0 Å². The summed E-state index contributed by atoms with van der Waals surface area (Å²) in [5, 5.41) is 2.11. The number of hydrogen-bond acceptors (Lipinski definition) is 7. The second-order valence-electron chi connectivity index (χ2n) is 10.7. The molecule has 204 valence electrons. The standard InChI is InChI=1S/C29H51N5O2/c1-9-12-13-14-29(6,7)23-32(8)31-27-19-26(34(15-10-2)16-11-3)20-28(30-27)35-18-17-33-21-24(4)36-25(5)22-33/h9,12-14,19-20,24-25H,10-11,15-18,21-23H2,1-8H3,(H,30,31)/b12-9+,14-13-. The van der Waals surface area contributed by atoms with Crippen molar-refractivity contribution in [3.8, 4) is 5.88 Å². The van der Waals surface area contributed by atoms with Crippen LogP contribution in [0.1, 0.15) is 61.3 Å². The minimum Gasteiger partial charge on any atom is -0.476 e. The average molecular weight is 502 g/mol. The van der Waals surface area contributed by atoms with Crippen molar-refractivity contribution in [3.05, 3.63) is 36.4 Å². The van der Waals surface area contributed by atoms with Crippen LogP contribution in [0.15, 0.2) is 36.4 Å². The normalized spacial score (nSPS) is 19.5. The fourth-order valence-electron chi connectivity index (χ4n) is 4.79. The van der Waals surface area contributed by atoms with E-state index in [4.69, 9.17) is 14.5 Å². The summed E-state index contributed by atoms with van der Waals surface area (Å²) in [6, 6.07) is 4.23. The summed E-state index contributed by atoms with van der Waals surface area (Å²) >= 11 is 0. The monoisotopic (exact) mass is 501 g/mol. The largest absolute Gasteiger partial charge is 0.476 e. The molecule has 0 bridgehead atoms. The maximum absolute atomic E-state index is 6.22. The molecule has 1 aromatic heterocycles. The van der Waals surface area contributed by atoms with E-state index in [9.17, 15) is 0 Å². The Morgan fingerprint density at radius 3 is 2.42 bits per heavy atom. The Labute approximate surface area is 220 Å². The third kappa shape index (κ3) is 10.9. The highest BCUT2D eigenvalue weighted by Crippen LogP contribution is 2.26. The SMILES string of the molecule is C/C=C/C=C\C(C)(C)CN(C)Nc1cc(N(CCC)CCC)cc(OCCN2CC(C)OC(C)C2)n1. The van der Waals surface area contributed by atoms with Crippen molar-refractivity contribution >= 4 is 11.5 Å². The maximum Gasteiger partial charge on any atom is 0.217 e. The molecule has 1 aromatic rings. The van der Waals surface area contributed by atoms with Gasteiger partial charge in [0.05, 0.1) is 12.2 Å². The summed E-state index contributed by atoms with van der Waals surface area (Å²) in [4.78, 5) is 9.66. The van der Waals surface area contributed by atoms with E-state index in [-0.39, 0.29) is 17.6 Å². The Kier molecular flexibility index (Phi) is 12.7. The number of anilines is 2. The summed E-state index contributed by atoms with van der Waals surface area (Å²) in [6.07, 6.45) is 11.2. The van der Waals surface area contributed by atoms with Gasteiger partial charge in [0.2, 0.25) is 5.88 Å². The van der Waals surface area contributed by atoms with Crippen LogP contribution < -0.4 is 15.1 Å². The molecule has 1 fully saturated rings. The van der Waals surface area contributed by atoms with Gasteiger partial charge in [0.15, 0.2) is 0 Å². The zero-order chi connectivity index (χ0) is 26.6. The van der Waals surface area contributed by atoms with E-state index in [1.165, 1.54) is 0 Å². The van der Waals surface area contributed by atoms with E-state index in [2.05, 4.69) is 99.2 Å². The van der Waals surface area contributed by atoms with Crippen LogP contribution in [0, 0.1) is 5.41 Å². The Balaban J connectivity index is 2.13. The molecule has 2 atom stereocenters. The predicted octanol–water partition coefficient (Wildman–Crippen LogP) is 5.61. The molecule has 2 heterocycles. The van der Waals surface area contributed by atoms with Gasteiger partial charge >= 0.3 is 0 Å². The molecule has 1 saturated heterocycles. The lowest BCUT2D eigenvalue weighted by Gasteiger charge is -2.35. The van der Waals surface area contributed by atoms with Crippen molar-refractivity contribution in [1.29, 1.82) is 0 Å². The third-order valence-electron chi connectivity index (χ3n) is 6.09. The van der Waals surface area contributed by atoms with E-state index < -0.39 is 0 Å². The minimum absolute atomic E-state index is 0.0150. The molecule has 0 amide bonds. The second-order valence-corrected chi connectivity index (χ2v) is 10.7. The first-order chi connectivity index (χ1) is 17.2. The Hall–Kier alpha value is -2.09. The summed E-state index contributed by atoms with van der Waals surface area (Å²) in [6.45, 7) is 21.4. The van der Waals surface area contributed by atoms with Crippen LogP contribution in [-0.4, -0.2) is 80.0 Å². The van der Waals surface area contributed by atoms with Crippen molar-refractivity contribution in [2.75, 3.05) is 63.2 Å². The lowest BCUT2D eigenvalue weighted by Crippen LogP contribution is -2.46. The van der Waals surface area contributed by atoms with Crippen molar-refractivity contribution < 1.29 is 9.47 Å². The summed E-state index contributed by atoms with van der Waals surface area (Å²) in [7, 11) is 2.07. The number of aromatic nitrogens is 1. The number of hydrogen-bond donors (Lipinski definition) is 1. The first kappa shape index (κ1) is 30.1. The molecule has 7 nitrogen and oxygen atoms in total. The topological polar surface area (TPSA) is 53.1 Å². The third-order valence-corrected chi connectivity index (χ3v) is 6.09. The molecule has 7 heteroatoms. The molecular formula is C29H51N5O2. The molecule has 36 heavy (non-hydrogen) atoms. The van der Waals surface area contributed by atoms with E-state index in [0.29, 0.717) is 12.5 Å². The minimum atomic E-state index is 0.0150. The zero-order valence-electron chi connectivity index (χ0n) is 24.1. The van der Waals surface area contributed by atoms with Gasteiger partial charge in [0.25, 0.3) is 0 Å². The Morgan fingerprint density at radius 2 is 1.81 bits per heavy atom. The molecule has 1 aliphatic rings. The summed E-state index contributed by atoms with van der Waals surface area (Å²) < 4.78 is 12.1. The van der Waals surface area contributed by atoms with Gasteiger partial charge in [0.1, 0.15) is 12.4 Å². The molecule has 0 spiro atoms. The second kappa shape index (κ2) is 15.2. The molecular weight excluding hydrogens is 450 g/mol. The molecule has 0 aliphatic carbocycles. The Bertz CT molecular complexity index is 810. The quantitative estimate of drug-likeness (QED) is 0.247. The van der Waals surface area contributed by atoms with E-state index in [0.717, 1.165) is 63.6 Å². The summed E-state index contributed by atoms with van der Waals surface area (Å²) in [5.41, 5.74) is 4.66. The number of allylic oxidation sites excluding steroid dienone is 3. The number of nitrogens with one attached hydrogen (secondary N) is 1. The number of hydrazine groups is 1. The zero-order valence-corrected chi connectivity index (χ0v) is 24.1. The van der Waals surface area contributed by atoms with E-state index in [1.807, 2.05) is 13.0 Å². The van der Waals surface area contributed by atoms with Crippen LogP contribution in [0.5, 0.6) is 5.88 Å². The van der Waals surface area contributed by atoms with Crippen molar-refractivity contribution in [1.82, 2.24) is 14.9 Å². The average Bonchev–Trinajstić information content (AvgIpc) is 2.78. The molecule has 2 unspecified atom stereocenters.